The number of benzene rings is 2. The van der Waals surface area contributed by atoms with Gasteiger partial charge in [-0.2, -0.15) is 0 Å². The van der Waals surface area contributed by atoms with Crippen LogP contribution in [-0.4, -0.2) is 18.0 Å². The quantitative estimate of drug-likeness (QED) is 0.287. The van der Waals surface area contributed by atoms with Gasteiger partial charge >= 0.3 is 5.97 Å². The van der Waals surface area contributed by atoms with Gasteiger partial charge in [-0.15, -0.1) is 0 Å². The molecule has 0 N–H and O–H groups in total. The van der Waals surface area contributed by atoms with E-state index < -0.39 is 10.9 Å². The van der Waals surface area contributed by atoms with Crippen LogP contribution >= 0.6 is 27.5 Å². The van der Waals surface area contributed by atoms with Gasteiger partial charge < -0.3 is 9.47 Å². The zero-order chi connectivity index (χ0) is 18.4. The molecule has 130 valence electrons. The Balaban J connectivity index is 2.10. The Hall–Kier alpha value is -2.38. The molecule has 0 aromatic heterocycles. The van der Waals surface area contributed by atoms with Crippen molar-refractivity contribution in [2.24, 2.45) is 0 Å². The lowest BCUT2D eigenvalue weighted by Crippen LogP contribution is -1.98. The Morgan fingerprint density at radius 1 is 1.32 bits per heavy atom. The fourth-order valence-electron chi connectivity index (χ4n) is 1.92. The average molecular weight is 427 g/mol. The summed E-state index contributed by atoms with van der Waals surface area (Å²) in [5, 5.41) is 11.0. The molecule has 0 bridgehead atoms. The van der Waals surface area contributed by atoms with Crippen molar-refractivity contribution in [2.75, 3.05) is 7.11 Å². The highest BCUT2D eigenvalue weighted by Gasteiger charge is 2.10. The Morgan fingerprint density at radius 2 is 2.00 bits per heavy atom. The highest BCUT2D eigenvalue weighted by atomic mass is 79.9. The number of halogens is 2. The molecule has 0 fully saturated rings. The molecule has 0 aliphatic heterocycles. The molecule has 0 spiro atoms. The van der Waals surface area contributed by atoms with Crippen molar-refractivity contribution in [1.82, 2.24) is 0 Å². The molecule has 0 saturated carbocycles. The lowest BCUT2D eigenvalue weighted by Gasteiger charge is -2.11. The van der Waals surface area contributed by atoms with Crippen molar-refractivity contribution >= 4 is 45.3 Å². The monoisotopic (exact) mass is 425 g/mol. The van der Waals surface area contributed by atoms with Crippen molar-refractivity contribution in [3.05, 3.63) is 73.2 Å². The van der Waals surface area contributed by atoms with E-state index in [0.29, 0.717) is 20.8 Å². The number of carbonyl (C=O) groups excluding carboxylic acids is 1. The number of rotatable bonds is 6. The van der Waals surface area contributed by atoms with Crippen molar-refractivity contribution in [3.63, 3.8) is 0 Å². The lowest BCUT2D eigenvalue weighted by molar-refractivity contribution is -0.384. The summed E-state index contributed by atoms with van der Waals surface area (Å²) in [4.78, 5) is 21.3. The number of nitro groups is 1. The normalized spacial score (nSPS) is 10.7. The summed E-state index contributed by atoms with van der Waals surface area (Å²) in [6.45, 7) is 0.202. The third-order valence-electron chi connectivity index (χ3n) is 3.16. The summed E-state index contributed by atoms with van der Waals surface area (Å²) in [5.74, 6) is -0.0269. The lowest BCUT2D eigenvalue weighted by atomic mass is 10.2. The number of carbonyl (C=O) groups is 1. The van der Waals surface area contributed by atoms with Gasteiger partial charge in [0.05, 0.1) is 21.5 Å². The van der Waals surface area contributed by atoms with Crippen LogP contribution < -0.4 is 4.74 Å². The van der Waals surface area contributed by atoms with E-state index in [1.165, 1.54) is 25.3 Å². The predicted molar refractivity (Wildman–Crippen MR) is 97.6 cm³/mol. The second-order valence-electron chi connectivity index (χ2n) is 4.88. The van der Waals surface area contributed by atoms with Crippen LogP contribution in [0.4, 0.5) is 5.69 Å². The summed E-state index contributed by atoms with van der Waals surface area (Å²) in [7, 11) is 1.30. The van der Waals surface area contributed by atoms with Crippen LogP contribution in [-0.2, 0) is 16.1 Å². The van der Waals surface area contributed by atoms with Crippen LogP contribution in [0.5, 0.6) is 5.75 Å². The second kappa shape index (κ2) is 8.64. The van der Waals surface area contributed by atoms with Crippen molar-refractivity contribution in [3.8, 4) is 5.75 Å². The second-order valence-corrected chi connectivity index (χ2v) is 6.14. The standard InChI is InChI=1S/C17H13BrClNO5/c1-24-16(21)7-4-12-8-14(18)17(15(19)9-12)25-10-11-2-5-13(6-3-11)20(22)23/h2-9H,10H2,1H3/b7-4+. The number of non-ortho nitro benzene ring substituents is 1. The molecule has 2 rings (SSSR count). The summed E-state index contributed by atoms with van der Waals surface area (Å²) >= 11 is 9.60. The molecule has 0 heterocycles. The van der Waals surface area contributed by atoms with Gasteiger partial charge in [0.1, 0.15) is 6.61 Å². The van der Waals surface area contributed by atoms with E-state index in [1.54, 1.807) is 30.3 Å². The van der Waals surface area contributed by atoms with Gasteiger partial charge in [0, 0.05) is 18.2 Å². The Kier molecular flexibility index (Phi) is 6.55. The van der Waals surface area contributed by atoms with E-state index in [0.717, 1.165) is 5.56 Å². The summed E-state index contributed by atoms with van der Waals surface area (Å²) in [5.41, 5.74) is 1.48. The van der Waals surface area contributed by atoms with Crippen LogP contribution in [0.2, 0.25) is 5.02 Å². The Labute approximate surface area is 157 Å². The van der Waals surface area contributed by atoms with Crippen LogP contribution in [0.3, 0.4) is 0 Å². The van der Waals surface area contributed by atoms with Crippen LogP contribution in [0.15, 0.2) is 46.9 Å². The summed E-state index contributed by atoms with van der Waals surface area (Å²) in [6.07, 6.45) is 2.86. The fraction of sp³-hybridized carbons (Fsp3) is 0.118. The molecule has 0 aliphatic carbocycles. The van der Waals surface area contributed by atoms with Gasteiger partial charge in [-0.3, -0.25) is 10.1 Å². The third-order valence-corrected chi connectivity index (χ3v) is 4.03. The fourth-order valence-corrected chi connectivity index (χ4v) is 2.90. The zero-order valence-electron chi connectivity index (χ0n) is 13.1. The molecule has 0 atom stereocenters. The molecule has 25 heavy (non-hydrogen) atoms. The minimum absolute atomic E-state index is 0.0182. The first kappa shape index (κ1) is 19.0. The van der Waals surface area contributed by atoms with Gasteiger partial charge in [-0.25, -0.2) is 4.79 Å². The first-order chi connectivity index (χ1) is 11.9. The highest BCUT2D eigenvalue weighted by molar-refractivity contribution is 9.10. The molecule has 0 saturated heterocycles. The molecule has 0 radical (unpaired) electrons. The maximum atomic E-state index is 11.1. The first-order valence-corrected chi connectivity index (χ1v) is 8.19. The third kappa shape index (κ3) is 5.30. The summed E-state index contributed by atoms with van der Waals surface area (Å²) in [6, 6.07) is 9.46. The van der Waals surface area contributed by atoms with Gasteiger partial charge in [0.15, 0.2) is 5.75 Å². The number of esters is 1. The molecule has 6 nitrogen and oxygen atoms in total. The first-order valence-electron chi connectivity index (χ1n) is 7.02. The number of methoxy groups -OCH3 is 1. The minimum Gasteiger partial charge on any atom is -0.486 e. The molecular formula is C17H13BrClNO5. The molecule has 0 aliphatic rings. The topological polar surface area (TPSA) is 78.7 Å². The van der Waals surface area contributed by atoms with E-state index in [-0.39, 0.29) is 12.3 Å². The highest BCUT2D eigenvalue weighted by Crippen LogP contribution is 2.35. The number of nitrogens with zero attached hydrogens (tertiary/aromatic N) is 1. The average Bonchev–Trinajstić information content (AvgIpc) is 2.59. The van der Waals surface area contributed by atoms with E-state index in [1.807, 2.05) is 0 Å². The number of ether oxygens (including phenoxy) is 2. The smallest absolute Gasteiger partial charge is 0.330 e. The molecule has 0 unspecified atom stereocenters. The number of nitro benzene ring substituents is 1. The molecule has 8 heteroatoms. The largest absolute Gasteiger partial charge is 0.486 e. The van der Waals surface area contributed by atoms with E-state index in [2.05, 4.69) is 20.7 Å². The number of hydrogen-bond donors (Lipinski definition) is 0. The molecule has 2 aromatic carbocycles. The van der Waals surface area contributed by atoms with Gasteiger partial charge in [0.25, 0.3) is 5.69 Å². The molecular weight excluding hydrogens is 414 g/mol. The van der Waals surface area contributed by atoms with Gasteiger partial charge in [-0.05, 0) is 57.4 Å². The van der Waals surface area contributed by atoms with E-state index in [4.69, 9.17) is 16.3 Å². The predicted octanol–water partition coefficient (Wildman–Crippen LogP) is 4.78. The minimum atomic E-state index is -0.467. The number of hydrogen-bond acceptors (Lipinski definition) is 5. The maximum absolute atomic E-state index is 11.1. The zero-order valence-corrected chi connectivity index (χ0v) is 15.4. The molecule has 0 amide bonds. The Bertz CT molecular complexity index is 797. The SMILES string of the molecule is COC(=O)/C=C/c1cc(Cl)c(OCc2ccc([N+](=O)[O-])cc2)c(Br)c1. The van der Waals surface area contributed by atoms with Gasteiger partial charge in [0.2, 0.25) is 0 Å². The van der Waals surface area contributed by atoms with Crippen molar-refractivity contribution in [1.29, 1.82) is 0 Å². The van der Waals surface area contributed by atoms with E-state index >= 15 is 0 Å². The van der Waals surface area contributed by atoms with Gasteiger partial charge in [-0.1, -0.05) is 11.6 Å². The Morgan fingerprint density at radius 3 is 2.56 bits per heavy atom. The summed E-state index contributed by atoms with van der Waals surface area (Å²) < 4.78 is 10.8. The van der Waals surface area contributed by atoms with E-state index in [9.17, 15) is 14.9 Å². The van der Waals surface area contributed by atoms with Crippen LogP contribution in [0.25, 0.3) is 6.08 Å². The van der Waals surface area contributed by atoms with Crippen LogP contribution in [0.1, 0.15) is 11.1 Å². The maximum Gasteiger partial charge on any atom is 0.330 e. The van der Waals surface area contributed by atoms with Crippen molar-refractivity contribution < 1.29 is 19.2 Å². The van der Waals surface area contributed by atoms with Crippen molar-refractivity contribution in [2.45, 2.75) is 6.61 Å². The van der Waals surface area contributed by atoms with Crippen LogP contribution in [0, 0.1) is 10.1 Å². The molecule has 2 aromatic rings.